The van der Waals surface area contributed by atoms with Crippen molar-refractivity contribution in [1.82, 2.24) is 4.98 Å². The fourth-order valence-corrected chi connectivity index (χ4v) is 6.13. The van der Waals surface area contributed by atoms with Gasteiger partial charge in [0.1, 0.15) is 0 Å². The molecule has 1 aromatic heterocycles. The summed E-state index contributed by atoms with van der Waals surface area (Å²) in [6.07, 6.45) is 2.29. The van der Waals surface area contributed by atoms with Crippen LogP contribution in [0.2, 0.25) is 0 Å². The van der Waals surface area contributed by atoms with Crippen molar-refractivity contribution in [1.29, 1.82) is 0 Å². The van der Waals surface area contributed by atoms with Crippen molar-refractivity contribution in [2.75, 3.05) is 11.9 Å². The van der Waals surface area contributed by atoms with Gasteiger partial charge in [0.25, 0.3) is 0 Å². The van der Waals surface area contributed by atoms with Gasteiger partial charge in [0.2, 0.25) is 15.9 Å². The third-order valence-electron chi connectivity index (χ3n) is 5.82. The molecule has 8 heteroatoms. The number of carbonyl (C=O) groups is 1. The normalized spacial score (nSPS) is 15.7. The predicted molar refractivity (Wildman–Crippen MR) is 124 cm³/mol. The molecule has 0 fully saturated rings. The summed E-state index contributed by atoms with van der Waals surface area (Å²) in [5, 5.41) is 5.60. The molecule has 31 heavy (non-hydrogen) atoms. The quantitative estimate of drug-likeness (QED) is 0.635. The summed E-state index contributed by atoms with van der Waals surface area (Å²) in [5.74, 6) is -0.264. The third kappa shape index (κ3) is 4.15. The molecule has 0 radical (unpaired) electrons. The van der Waals surface area contributed by atoms with E-state index in [1.807, 2.05) is 0 Å². The maximum atomic E-state index is 13.2. The Kier molecular flexibility index (Phi) is 5.72. The number of aromatic nitrogens is 1. The van der Waals surface area contributed by atoms with Gasteiger partial charge in [-0.25, -0.2) is 18.5 Å². The molecule has 2 N–H and O–H groups in total. The van der Waals surface area contributed by atoms with Gasteiger partial charge in [-0.2, -0.15) is 0 Å². The molecular formula is C23H25N3O3S2. The molecule has 3 aromatic rings. The highest BCUT2D eigenvalue weighted by atomic mass is 32.2. The zero-order chi connectivity index (χ0) is 22.3. The lowest BCUT2D eigenvalue weighted by atomic mass is 9.95. The Labute approximate surface area is 186 Å². The second-order valence-electron chi connectivity index (χ2n) is 7.91. The largest absolute Gasteiger partial charge is 0.291 e. The van der Waals surface area contributed by atoms with Gasteiger partial charge in [0.05, 0.1) is 5.69 Å². The maximum Gasteiger partial charge on any atom is 0.249 e. The minimum absolute atomic E-state index is 0.00362. The number of amides is 1. The van der Waals surface area contributed by atoms with Crippen LogP contribution in [-0.4, -0.2) is 26.4 Å². The zero-order valence-corrected chi connectivity index (χ0v) is 19.4. The highest BCUT2D eigenvalue weighted by molar-refractivity contribution is 7.91. The minimum Gasteiger partial charge on any atom is -0.291 e. The van der Waals surface area contributed by atoms with E-state index in [1.54, 1.807) is 14.0 Å². The van der Waals surface area contributed by atoms with Crippen LogP contribution in [0.3, 0.4) is 0 Å². The molecule has 0 bridgehead atoms. The summed E-state index contributed by atoms with van der Waals surface area (Å²) in [5.41, 5.74) is 6.40. The zero-order valence-electron chi connectivity index (χ0n) is 17.8. The summed E-state index contributed by atoms with van der Waals surface area (Å²) in [7, 11) is -2.22. The molecule has 0 saturated carbocycles. The second kappa shape index (κ2) is 8.18. The first-order chi connectivity index (χ1) is 14.7. The van der Waals surface area contributed by atoms with E-state index in [-0.39, 0.29) is 16.0 Å². The fourth-order valence-electron chi connectivity index (χ4n) is 4.21. The lowest BCUT2D eigenvalue weighted by molar-refractivity contribution is -0.121. The maximum absolute atomic E-state index is 13.2. The average molecular weight is 456 g/mol. The van der Waals surface area contributed by atoms with Crippen molar-refractivity contribution in [3.05, 3.63) is 64.8 Å². The Morgan fingerprint density at radius 1 is 1.19 bits per heavy atom. The van der Waals surface area contributed by atoms with Crippen LogP contribution in [0.1, 0.15) is 29.3 Å². The van der Waals surface area contributed by atoms with Crippen LogP contribution in [0.15, 0.2) is 46.7 Å². The van der Waals surface area contributed by atoms with Crippen LogP contribution in [0.25, 0.3) is 11.1 Å². The van der Waals surface area contributed by atoms with Gasteiger partial charge in [-0.15, -0.1) is 0 Å². The van der Waals surface area contributed by atoms with Gasteiger partial charge in [-0.1, -0.05) is 60.7 Å². The van der Waals surface area contributed by atoms with Crippen molar-refractivity contribution in [2.24, 2.45) is 11.1 Å². The molecule has 0 saturated heterocycles. The van der Waals surface area contributed by atoms with E-state index in [0.717, 1.165) is 17.8 Å². The number of aryl methyl sites for hydroxylation is 2. The third-order valence-corrected chi connectivity index (χ3v) is 8.60. The number of sulfonamides is 1. The first-order valence-corrected chi connectivity index (χ1v) is 12.5. The molecule has 1 aliphatic carbocycles. The average Bonchev–Trinajstić information content (AvgIpc) is 3.35. The Morgan fingerprint density at radius 3 is 2.58 bits per heavy atom. The summed E-state index contributed by atoms with van der Waals surface area (Å²) in [6, 6.07) is 14.8. The van der Waals surface area contributed by atoms with E-state index in [4.69, 9.17) is 5.14 Å². The van der Waals surface area contributed by atoms with E-state index in [1.165, 1.54) is 32.7 Å². The smallest absolute Gasteiger partial charge is 0.249 e. The number of hydrogen-bond acceptors (Lipinski definition) is 5. The summed E-state index contributed by atoms with van der Waals surface area (Å²) in [4.78, 5) is 18.9. The number of nitrogens with two attached hydrogens (primary N) is 1. The molecule has 1 atom stereocenters. The highest BCUT2D eigenvalue weighted by Crippen LogP contribution is 2.35. The number of nitrogens with zero attached hydrogens (tertiary/aromatic N) is 2. The van der Waals surface area contributed by atoms with Crippen LogP contribution in [-0.2, 0) is 34.1 Å². The van der Waals surface area contributed by atoms with Crippen molar-refractivity contribution in [2.45, 2.75) is 37.3 Å². The summed E-state index contributed by atoms with van der Waals surface area (Å²) >= 11 is 0.930. The van der Waals surface area contributed by atoms with E-state index in [2.05, 4.69) is 54.4 Å². The van der Waals surface area contributed by atoms with Gasteiger partial charge >= 0.3 is 0 Å². The number of thiazole rings is 1. The number of primary sulfonamides is 1. The lowest BCUT2D eigenvalue weighted by Crippen LogP contribution is -2.33. The number of anilines is 1. The van der Waals surface area contributed by atoms with Crippen LogP contribution < -0.4 is 10.0 Å². The van der Waals surface area contributed by atoms with Gasteiger partial charge < -0.3 is 0 Å². The second-order valence-corrected chi connectivity index (χ2v) is 10.6. The van der Waals surface area contributed by atoms with E-state index >= 15 is 0 Å². The Bertz CT molecular complexity index is 1260. The molecule has 0 aliphatic heterocycles. The number of benzene rings is 2. The Hall–Kier alpha value is -2.55. The van der Waals surface area contributed by atoms with Crippen molar-refractivity contribution >= 4 is 32.4 Å². The minimum atomic E-state index is -3.85. The predicted octanol–water partition coefficient (Wildman–Crippen LogP) is 3.71. The van der Waals surface area contributed by atoms with E-state index in [0.29, 0.717) is 23.7 Å². The number of hydrogen-bond donors (Lipinski definition) is 1. The fraction of sp³-hybridized carbons (Fsp3) is 0.304. The van der Waals surface area contributed by atoms with Gasteiger partial charge in [-0.3, -0.25) is 9.69 Å². The first-order valence-electron chi connectivity index (χ1n) is 10.2. The topological polar surface area (TPSA) is 93.4 Å². The van der Waals surface area contributed by atoms with Gasteiger partial charge in [0, 0.05) is 13.0 Å². The molecule has 4 rings (SSSR count). The molecule has 6 nitrogen and oxygen atoms in total. The molecule has 1 heterocycles. The van der Waals surface area contributed by atoms with Crippen molar-refractivity contribution in [3.8, 4) is 11.1 Å². The first kappa shape index (κ1) is 21.7. The number of rotatable bonds is 5. The molecular weight excluding hydrogens is 430 g/mol. The molecule has 1 amide bonds. The molecule has 0 spiro atoms. The van der Waals surface area contributed by atoms with Crippen LogP contribution in [0.5, 0.6) is 0 Å². The number of fused-ring (bicyclic) bond motifs is 1. The lowest BCUT2D eigenvalue weighted by Gasteiger charge is -2.18. The molecule has 2 aromatic carbocycles. The monoisotopic (exact) mass is 455 g/mol. The molecule has 1 aliphatic rings. The van der Waals surface area contributed by atoms with Crippen LogP contribution in [0, 0.1) is 12.8 Å². The van der Waals surface area contributed by atoms with Crippen molar-refractivity contribution < 1.29 is 13.2 Å². The van der Waals surface area contributed by atoms with Crippen molar-refractivity contribution in [3.63, 3.8) is 0 Å². The summed E-state index contributed by atoms with van der Waals surface area (Å²) in [6.45, 7) is 3.73. The SMILES string of the molecule is CCc1ccccc1-c1ccc2c(c1)C[C@H](C(=O)N(C)c1nc(C)c(S(N)(=O)=O)s1)C2. The van der Waals surface area contributed by atoms with E-state index in [9.17, 15) is 13.2 Å². The Morgan fingerprint density at radius 2 is 1.90 bits per heavy atom. The standard InChI is InChI=1S/C23H25N3O3S2/c1-4-15-7-5-6-8-20(15)17-10-9-16-11-19(13-18(16)12-17)21(27)26(3)23-25-14(2)22(30-23)31(24,28)29/h5-10,12,19H,4,11,13H2,1-3H3,(H2,24,28,29)/t19-/m1/s1. The Balaban J connectivity index is 1.56. The summed E-state index contributed by atoms with van der Waals surface area (Å²) < 4.78 is 23.4. The van der Waals surface area contributed by atoms with Gasteiger partial charge in [-0.05, 0) is 54.0 Å². The number of carbonyl (C=O) groups excluding carboxylic acids is 1. The van der Waals surface area contributed by atoms with Gasteiger partial charge in [0.15, 0.2) is 9.34 Å². The van der Waals surface area contributed by atoms with Crippen LogP contribution in [0.4, 0.5) is 5.13 Å². The van der Waals surface area contributed by atoms with E-state index < -0.39 is 10.0 Å². The highest BCUT2D eigenvalue weighted by Gasteiger charge is 2.32. The molecule has 0 unspecified atom stereocenters. The molecule has 162 valence electrons. The van der Waals surface area contributed by atoms with Crippen LogP contribution >= 0.6 is 11.3 Å².